The number of imide groups is 1. The lowest BCUT2D eigenvalue weighted by Crippen LogP contribution is -2.47. The molecule has 1 atom stereocenters. The van der Waals surface area contributed by atoms with Gasteiger partial charge in [-0.15, -0.1) is 0 Å². The fourth-order valence-corrected chi connectivity index (χ4v) is 3.98. The summed E-state index contributed by atoms with van der Waals surface area (Å²) in [5.41, 5.74) is 1.41. The van der Waals surface area contributed by atoms with Gasteiger partial charge in [-0.25, -0.2) is 4.79 Å². The van der Waals surface area contributed by atoms with Gasteiger partial charge in [-0.05, 0) is 29.8 Å². The number of halogens is 2. The molecule has 1 heterocycles. The molecule has 7 nitrogen and oxygen atoms in total. The highest BCUT2D eigenvalue weighted by Crippen LogP contribution is 2.29. The highest BCUT2D eigenvalue weighted by molar-refractivity contribution is 6.44. The summed E-state index contributed by atoms with van der Waals surface area (Å²) in [5.74, 6) is -2.72. The van der Waals surface area contributed by atoms with Crippen LogP contribution < -0.4 is 5.32 Å². The van der Waals surface area contributed by atoms with Crippen molar-refractivity contribution in [1.82, 2.24) is 4.90 Å². The molecule has 0 saturated carbocycles. The lowest BCUT2D eigenvalue weighted by molar-refractivity contribution is -0.151. The average molecular weight is 497 g/mol. The first kappa shape index (κ1) is 23.5. The predicted octanol–water partition coefficient (Wildman–Crippen LogP) is 4.38. The summed E-state index contributed by atoms with van der Waals surface area (Å²) in [5, 5.41) is 2.92. The van der Waals surface area contributed by atoms with E-state index < -0.39 is 36.3 Å². The van der Waals surface area contributed by atoms with Crippen molar-refractivity contribution in [1.29, 1.82) is 0 Å². The fourth-order valence-electron chi connectivity index (χ4n) is 3.63. The van der Waals surface area contributed by atoms with Gasteiger partial charge in [0.25, 0.3) is 17.7 Å². The van der Waals surface area contributed by atoms with Gasteiger partial charge in [-0.3, -0.25) is 19.3 Å². The molecule has 0 aromatic heterocycles. The van der Waals surface area contributed by atoms with Crippen LogP contribution >= 0.6 is 23.2 Å². The third-order valence-electron chi connectivity index (χ3n) is 5.25. The van der Waals surface area contributed by atoms with Gasteiger partial charge in [0.1, 0.15) is 6.04 Å². The maximum Gasteiger partial charge on any atom is 0.330 e. The van der Waals surface area contributed by atoms with Crippen molar-refractivity contribution in [3.63, 3.8) is 0 Å². The van der Waals surface area contributed by atoms with Gasteiger partial charge in [0.2, 0.25) is 0 Å². The average Bonchev–Trinajstić information content (AvgIpc) is 3.09. The minimum absolute atomic E-state index is 0.0346. The van der Waals surface area contributed by atoms with Gasteiger partial charge in [0, 0.05) is 6.42 Å². The monoisotopic (exact) mass is 496 g/mol. The first-order chi connectivity index (χ1) is 16.4. The van der Waals surface area contributed by atoms with Gasteiger partial charge in [0.05, 0.1) is 26.9 Å². The number of nitrogens with zero attached hydrogens (tertiary/aromatic N) is 1. The Morgan fingerprint density at radius 1 is 0.853 bits per heavy atom. The molecule has 0 radical (unpaired) electrons. The van der Waals surface area contributed by atoms with Crippen molar-refractivity contribution in [2.45, 2.75) is 12.5 Å². The number of nitrogens with one attached hydrogen (secondary N) is 1. The van der Waals surface area contributed by atoms with E-state index in [1.807, 2.05) is 6.07 Å². The molecule has 172 valence electrons. The predicted molar refractivity (Wildman–Crippen MR) is 127 cm³/mol. The van der Waals surface area contributed by atoms with Gasteiger partial charge in [-0.1, -0.05) is 71.7 Å². The molecule has 0 aliphatic carbocycles. The zero-order valence-electron chi connectivity index (χ0n) is 17.7. The zero-order chi connectivity index (χ0) is 24.2. The number of anilines is 1. The van der Waals surface area contributed by atoms with Crippen molar-refractivity contribution >= 4 is 52.6 Å². The van der Waals surface area contributed by atoms with E-state index in [4.69, 9.17) is 27.9 Å². The number of amides is 3. The Labute approximate surface area is 205 Å². The van der Waals surface area contributed by atoms with Crippen LogP contribution in [-0.4, -0.2) is 41.2 Å². The molecule has 9 heteroatoms. The molecule has 0 saturated heterocycles. The molecular formula is C25H18Cl2N2O5. The van der Waals surface area contributed by atoms with Crippen LogP contribution in [0.1, 0.15) is 26.3 Å². The van der Waals surface area contributed by atoms with Gasteiger partial charge >= 0.3 is 5.97 Å². The zero-order valence-corrected chi connectivity index (χ0v) is 19.2. The van der Waals surface area contributed by atoms with E-state index in [1.165, 1.54) is 12.1 Å². The van der Waals surface area contributed by atoms with Crippen LogP contribution in [0.5, 0.6) is 0 Å². The van der Waals surface area contributed by atoms with E-state index in [0.29, 0.717) is 0 Å². The summed E-state index contributed by atoms with van der Waals surface area (Å²) in [4.78, 5) is 52.3. The fraction of sp³-hybridized carbons (Fsp3) is 0.120. The largest absolute Gasteiger partial charge is 0.454 e. The van der Waals surface area contributed by atoms with E-state index in [0.717, 1.165) is 10.5 Å². The van der Waals surface area contributed by atoms with Crippen LogP contribution in [0.15, 0.2) is 72.8 Å². The molecular weight excluding hydrogens is 479 g/mol. The van der Waals surface area contributed by atoms with E-state index >= 15 is 0 Å². The minimum Gasteiger partial charge on any atom is -0.454 e. The molecule has 0 unspecified atom stereocenters. The first-order valence-corrected chi connectivity index (χ1v) is 11.0. The smallest absolute Gasteiger partial charge is 0.330 e. The summed E-state index contributed by atoms with van der Waals surface area (Å²) in [6.07, 6.45) is 0.0346. The van der Waals surface area contributed by atoms with Crippen molar-refractivity contribution in [3.05, 3.63) is 99.5 Å². The van der Waals surface area contributed by atoms with Crippen molar-refractivity contribution in [2.24, 2.45) is 0 Å². The highest BCUT2D eigenvalue weighted by atomic mass is 35.5. The number of ether oxygens (including phenoxy) is 1. The highest BCUT2D eigenvalue weighted by Gasteiger charge is 2.43. The maximum absolute atomic E-state index is 13.1. The maximum atomic E-state index is 13.1. The third kappa shape index (κ3) is 4.81. The summed E-state index contributed by atoms with van der Waals surface area (Å²) in [6.45, 7) is -0.643. The Morgan fingerprint density at radius 3 is 2.12 bits per heavy atom. The van der Waals surface area contributed by atoms with Gasteiger partial charge < -0.3 is 10.1 Å². The number of rotatable bonds is 7. The Hall–Kier alpha value is -3.68. The topological polar surface area (TPSA) is 92.8 Å². The van der Waals surface area contributed by atoms with E-state index in [1.54, 1.807) is 54.6 Å². The van der Waals surface area contributed by atoms with E-state index in [9.17, 15) is 19.2 Å². The molecule has 0 spiro atoms. The van der Waals surface area contributed by atoms with E-state index in [-0.39, 0.29) is 33.3 Å². The van der Waals surface area contributed by atoms with Crippen molar-refractivity contribution < 1.29 is 23.9 Å². The summed E-state index contributed by atoms with van der Waals surface area (Å²) >= 11 is 12.0. The number of benzene rings is 3. The Kier molecular flexibility index (Phi) is 6.95. The van der Waals surface area contributed by atoms with Gasteiger partial charge in [0.15, 0.2) is 6.61 Å². The molecule has 4 rings (SSSR count). The molecule has 34 heavy (non-hydrogen) atoms. The van der Waals surface area contributed by atoms with Crippen LogP contribution in [0, 0.1) is 0 Å². The Morgan fingerprint density at radius 2 is 1.47 bits per heavy atom. The summed E-state index contributed by atoms with van der Waals surface area (Å²) < 4.78 is 5.22. The molecule has 0 fully saturated rings. The quantitative estimate of drug-likeness (QED) is 0.386. The van der Waals surface area contributed by atoms with Gasteiger partial charge in [-0.2, -0.15) is 0 Å². The first-order valence-electron chi connectivity index (χ1n) is 10.3. The molecule has 3 aromatic carbocycles. The summed E-state index contributed by atoms with van der Waals surface area (Å²) in [6, 6.07) is 18.7. The van der Waals surface area contributed by atoms with Crippen molar-refractivity contribution in [2.75, 3.05) is 11.9 Å². The lowest BCUT2D eigenvalue weighted by Gasteiger charge is -2.24. The van der Waals surface area contributed by atoms with Crippen LogP contribution in [0.4, 0.5) is 5.69 Å². The molecule has 1 N–H and O–H groups in total. The normalized spacial score (nSPS) is 13.4. The number of carbonyl (C=O) groups excluding carboxylic acids is 4. The minimum atomic E-state index is -1.25. The Balaban J connectivity index is 1.52. The second-order valence-electron chi connectivity index (χ2n) is 7.49. The van der Waals surface area contributed by atoms with Crippen LogP contribution in [-0.2, 0) is 20.7 Å². The number of hydrogen-bond donors (Lipinski definition) is 1. The van der Waals surface area contributed by atoms with Crippen LogP contribution in [0.3, 0.4) is 0 Å². The standard InChI is InChI=1S/C25H18Cl2N2O5/c26-18-11-6-12-19(22(18)27)28-21(30)14-34-25(33)20(13-15-7-2-1-3-8-15)29-23(31)16-9-4-5-10-17(16)24(29)32/h1-12,20H,13-14H2,(H,28,30)/t20-/m1/s1. The molecule has 0 bridgehead atoms. The molecule has 3 aromatic rings. The second-order valence-corrected chi connectivity index (χ2v) is 8.27. The van der Waals surface area contributed by atoms with Crippen molar-refractivity contribution in [3.8, 4) is 0 Å². The molecule has 1 aliphatic rings. The number of fused-ring (bicyclic) bond motifs is 1. The van der Waals surface area contributed by atoms with Crippen LogP contribution in [0.2, 0.25) is 10.0 Å². The number of carbonyl (C=O) groups is 4. The Bertz CT molecular complexity index is 1240. The summed E-state index contributed by atoms with van der Waals surface area (Å²) in [7, 11) is 0. The SMILES string of the molecule is O=C(COC(=O)[C@@H](Cc1ccccc1)N1C(=O)c2ccccc2C1=O)Nc1cccc(Cl)c1Cl. The lowest BCUT2D eigenvalue weighted by atomic mass is 10.0. The molecule has 3 amide bonds. The van der Waals surface area contributed by atoms with Crippen LogP contribution in [0.25, 0.3) is 0 Å². The number of esters is 1. The molecule has 1 aliphatic heterocycles. The number of hydrogen-bond acceptors (Lipinski definition) is 5. The van der Waals surface area contributed by atoms with E-state index in [2.05, 4.69) is 5.32 Å². The second kappa shape index (κ2) is 10.1. The third-order valence-corrected chi connectivity index (χ3v) is 6.07.